The zero-order valence-electron chi connectivity index (χ0n) is 17.9. The van der Waals surface area contributed by atoms with Crippen LogP contribution >= 0.6 is 24.0 Å². The van der Waals surface area contributed by atoms with E-state index in [1.54, 1.807) is 0 Å². The fraction of sp³-hybridized carbons (Fsp3) is 0.950. The quantitative estimate of drug-likeness (QED) is 0.270. The second-order valence-corrected chi connectivity index (χ2v) is 7.38. The minimum Gasteiger partial charge on any atom is -0.356 e. The molecular weight excluding hydrogens is 437 g/mol. The van der Waals surface area contributed by atoms with Gasteiger partial charge in [0.1, 0.15) is 0 Å². The molecule has 0 saturated carbocycles. The lowest BCUT2D eigenvalue weighted by Crippen LogP contribution is -2.43. The third-order valence-corrected chi connectivity index (χ3v) is 5.61. The lowest BCUT2D eigenvalue weighted by atomic mass is 9.93. The highest BCUT2D eigenvalue weighted by atomic mass is 127. The number of nitrogens with one attached hydrogen (secondary N) is 2. The first-order valence-corrected chi connectivity index (χ1v) is 10.5. The van der Waals surface area contributed by atoms with E-state index in [9.17, 15) is 0 Å². The maximum atomic E-state index is 4.39. The molecule has 1 heterocycles. The van der Waals surface area contributed by atoms with E-state index < -0.39 is 0 Å². The molecule has 0 spiro atoms. The Balaban J connectivity index is 0.00000625. The Labute approximate surface area is 179 Å². The molecule has 5 nitrogen and oxygen atoms in total. The second kappa shape index (κ2) is 15.9. The minimum absolute atomic E-state index is 0. The number of hydrogen-bond acceptors (Lipinski definition) is 3. The van der Waals surface area contributed by atoms with Gasteiger partial charge in [0.15, 0.2) is 5.96 Å². The van der Waals surface area contributed by atoms with Gasteiger partial charge in [-0.1, -0.05) is 20.8 Å². The molecule has 1 saturated heterocycles. The van der Waals surface area contributed by atoms with Crippen LogP contribution in [0, 0.1) is 5.92 Å². The van der Waals surface area contributed by atoms with Crippen molar-refractivity contribution in [2.45, 2.75) is 65.8 Å². The standard InChI is InChI=1S/C20H43N5.HI/c1-6-24(7-2)15-9-10-18(4)23-20(21-5)22-14-11-19-12-16-25(8-3)17-13-19;/h18-19H,6-17H2,1-5H3,(H2,21,22,23);1H. The normalized spacial score (nSPS) is 17.8. The van der Waals surface area contributed by atoms with Gasteiger partial charge in [0, 0.05) is 19.6 Å². The number of likely N-dealkylation sites (tertiary alicyclic amines) is 1. The van der Waals surface area contributed by atoms with Crippen molar-refractivity contribution in [1.82, 2.24) is 20.4 Å². The first-order chi connectivity index (χ1) is 12.1. The zero-order chi connectivity index (χ0) is 18.5. The van der Waals surface area contributed by atoms with Crippen molar-refractivity contribution in [3.05, 3.63) is 0 Å². The Hall–Kier alpha value is -0.0800. The summed E-state index contributed by atoms with van der Waals surface area (Å²) in [5, 5.41) is 7.05. The largest absolute Gasteiger partial charge is 0.356 e. The van der Waals surface area contributed by atoms with Crippen LogP contribution in [-0.4, -0.2) is 74.7 Å². The molecule has 1 rings (SSSR count). The summed E-state index contributed by atoms with van der Waals surface area (Å²) in [6, 6.07) is 0.467. The van der Waals surface area contributed by atoms with Gasteiger partial charge in [-0.3, -0.25) is 4.99 Å². The summed E-state index contributed by atoms with van der Waals surface area (Å²) < 4.78 is 0. The van der Waals surface area contributed by atoms with E-state index in [0.29, 0.717) is 6.04 Å². The molecule has 6 heteroatoms. The predicted octanol–water partition coefficient (Wildman–Crippen LogP) is 3.40. The third-order valence-electron chi connectivity index (χ3n) is 5.61. The summed E-state index contributed by atoms with van der Waals surface area (Å²) in [7, 11) is 1.87. The molecule has 1 aliphatic heterocycles. The Morgan fingerprint density at radius 1 is 1.19 bits per heavy atom. The first kappa shape index (κ1) is 25.9. The summed E-state index contributed by atoms with van der Waals surface area (Å²) in [5.41, 5.74) is 0. The van der Waals surface area contributed by atoms with Crippen LogP contribution in [0.5, 0.6) is 0 Å². The molecule has 0 aromatic rings. The first-order valence-electron chi connectivity index (χ1n) is 10.5. The van der Waals surface area contributed by atoms with E-state index in [1.807, 2.05) is 7.05 Å². The number of guanidine groups is 1. The fourth-order valence-corrected chi connectivity index (χ4v) is 3.65. The third kappa shape index (κ3) is 10.9. The summed E-state index contributed by atoms with van der Waals surface area (Å²) >= 11 is 0. The van der Waals surface area contributed by atoms with Gasteiger partial charge in [0.05, 0.1) is 0 Å². The maximum Gasteiger partial charge on any atom is 0.191 e. The molecule has 1 aliphatic rings. The molecule has 0 radical (unpaired) electrons. The molecule has 2 N–H and O–H groups in total. The molecule has 0 amide bonds. The monoisotopic (exact) mass is 481 g/mol. The number of nitrogens with zero attached hydrogens (tertiary/aromatic N) is 3. The highest BCUT2D eigenvalue weighted by Gasteiger charge is 2.17. The molecular formula is C20H44IN5. The zero-order valence-corrected chi connectivity index (χ0v) is 20.2. The number of hydrogen-bond donors (Lipinski definition) is 2. The van der Waals surface area contributed by atoms with Gasteiger partial charge in [-0.05, 0) is 84.2 Å². The highest BCUT2D eigenvalue weighted by molar-refractivity contribution is 14.0. The smallest absolute Gasteiger partial charge is 0.191 e. The summed E-state index contributed by atoms with van der Waals surface area (Å²) in [4.78, 5) is 9.44. The van der Waals surface area contributed by atoms with E-state index in [-0.39, 0.29) is 24.0 Å². The maximum absolute atomic E-state index is 4.39. The molecule has 0 aromatic carbocycles. The molecule has 156 valence electrons. The molecule has 1 fully saturated rings. The summed E-state index contributed by atoms with van der Waals surface area (Å²) in [6.45, 7) is 17.3. The predicted molar refractivity (Wildman–Crippen MR) is 126 cm³/mol. The minimum atomic E-state index is 0. The average molecular weight is 482 g/mol. The van der Waals surface area contributed by atoms with Crippen LogP contribution < -0.4 is 10.6 Å². The average Bonchev–Trinajstić information content (AvgIpc) is 2.65. The lowest BCUT2D eigenvalue weighted by molar-refractivity contribution is 0.187. The van der Waals surface area contributed by atoms with Gasteiger partial charge in [0.2, 0.25) is 0 Å². The van der Waals surface area contributed by atoms with Crippen molar-refractivity contribution in [2.75, 3.05) is 52.9 Å². The molecule has 0 bridgehead atoms. The Morgan fingerprint density at radius 3 is 2.38 bits per heavy atom. The number of halogens is 1. The number of aliphatic imine (C=N–C) groups is 1. The van der Waals surface area contributed by atoms with Crippen molar-refractivity contribution in [2.24, 2.45) is 10.9 Å². The van der Waals surface area contributed by atoms with Crippen molar-refractivity contribution in [1.29, 1.82) is 0 Å². The molecule has 26 heavy (non-hydrogen) atoms. The van der Waals surface area contributed by atoms with E-state index in [1.165, 1.54) is 58.3 Å². The van der Waals surface area contributed by atoms with Gasteiger partial charge >= 0.3 is 0 Å². The van der Waals surface area contributed by atoms with Crippen LogP contribution in [0.2, 0.25) is 0 Å². The van der Waals surface area contributed by atoms with Crippen LogP contribution in [0.3, 0.4) is 0 Å². The van der Waals surface area contributed by atoms with Gasteiger partial charge in [0.25, 0.3) is 0 Å². The van der Waals surface area contributed by atoms with Gasteiger partial charge in [-0.15, -0.1) is 24.0 Å². The van der Waals surface area contributed by atoms with Crippen LogP contribution in [0.4, 0.5) is 0 Å². The van der Waals surface area contributed by atoms with Crippen molar-refractivity contribution < 1.29 is 0 Å². The van der Waals surface area contributed by atoms with Crippen LogP contribution in [0.1, 0.15) is 59.8 Å². The topological polar surface area (TPSA) is 42.9 Å². The van der Waals surface area contributed by atoms with Gasteiger partial charge in [-0.25, -0.2) is 0 Å². The van der Waals surface area contributed by atoms with Crippen LogP contribution in [0.25, 0.3) is 0 Å². The SMILES string of the molecule is CCN(CC)CCCC(C)NC(=NC)NCCC1CCN(CC)CC1.I. The van der Waals surface area contributed by atoms with Crippen LogP contribution in [0.15, 0.2) is 4.99 Å². The van der Waals surface area contributed by atoms with E-state index >= 15 is 0 Å². The molecule has 0 aliphatic carbocycles. The van der Waals surface area contributed by atoms with E-state index in [4.69, 9.17) is 0 Å². The van der Waals surface area contributed by atoms with Crippen LogP contribution in [-0.2, 0) is 0 Å². The van der Waals surface area contributed by atoms with E-state index in [2.05, 4.69) is 53.1 Å². The number of rotatable bonds is 11. The second-order valence-electron chi connectivity index (χ2n) is 7.38. The van der Waals surface area contributed by atoms with Gasteiger partial charge < -0.3 is 20.4 Å². The Kier molecular flexibility index (Phi) is 15.9. The number of piperidine rings is 1. The van der Waals surface area contributed by atoms with Crippen molar-refractivity contribution in [3.8, 4) is 0 Å². The van der Waals surface area contributed by atoms with Crippen molar-refractivity contribution in [3.63, 3.8) is 0 Å². The molecule has 1 atom stereocenters. The lowest BCUT2D eigenvalue weighted by Gasteiger charge is -2.31. The highest BCUT2D eigenvalue weighted by Crippen LogP contribution is 2.19. The Morgan fingerprint density at radius 2 is 1.85 bits per heavy atom. The molecule has 0 aromatic heterocycles. The van der Waals surface area contributed by atoms with Gasteiger partial charge in [-0.2, -0.15) is 0 Å². The Bertz CT molecular complexity index is 352. The van der Waals surface area contributed by atoms with Crippen molar-refractivity contribution >= 4 is 29.9 Å². The summed E-state index contributed by atoms with van der Waals surface area (Å²) in [6.07, 6.45) is 6.39. The summed E-state index contributed by atoms with van der Waals surface area (Å²) in [5.74, 6) is 1.83. The fourth-order valence-electron chi connectivity index (χ4n) is 3.65. The molecule has 1 unspecified atom stereocenters. The van der Waals surface area contributed by atoms with E-state index in [0.717, 1.165) is 31.5 Å².